The van der Waals surface area contributed by atoms with Crippen molar-refractivity contribution in [3.8, 4) is 5.75 Å². The third-order valence-corrected chi connectivity index (χ3v) is 6.21. The topological polar surface area (TPSA) is 36.9 Å². The molecular formula is C15H26O4Si. The van der Waals surface area contributed by atoms with Crippen molar-refractivity contribution in [1.29, 1.82) is 0 Å². The molecule has 0 aromatic heterocycles. The van der Waals surface area contributed by atoms with Gasteiger partial charge in [-0.3, -0.25) is 0 Å². The highest BCUT2D eigenvalue weighted by molar-refractivity contribution is 6.60. The fourth-order valence-corrected chi connectivity index (χ4v) is 3.67. The predicted molar refractivity (Wildman–Crippen MR) is 82.2 cm³/mol. The number of benzene rings is 1. The summed E-state index contributed by atoms with van der Waals surface area (Å²) >= 11 is 0. The normalized spacial score (nSPS) is 11.9. The van der Waals surface area contributed by atoms with Gasteiger partial charge in [-0.05, 0) is 30.0 Å². The fourth-order valence-electron chi connectivity index (χ4n) is 1.98. The maximum atomic E-state index is 5.73. The number of ether oxygens (including phenoxy) is 1. The van der Waals surface area contributed by atoms with Crippen LogP contribution in [0, 0.1) is 0 Å². The molecule has 20 heavy (non-hydrogen) atoms. The van der Waals surface area contributed by atoms with Crippen LogP contribution in [0.3, 0.4) is 0 Å². The third-order valence-electron chi connectivity index (χ3n) is 3.38. The first-order valence-corrected chi connectivity index (χ1v) is 8.88. The molecule has 0 amide bonds. The zero-order valence-electron chi connectivity index (χ0n) is 13.1. The van der Waals surface area contributed by atoms with Crippen LogP contribution in [0.2, 0.25) is 6.04 Å². The van der Waals surface area contributed by atoms with Crippen LogP contribution in [-0.2, 0) is 13.3 Å². The van der Waals surface area contributed by atoms with Crippen LogP contribution in [-0.4, -0.2) is 36.7 Å². The monoisotopic (exact) mass is 298 g/mol. The van der Waals surface area contributed by atoms with Gasteiger partial charge in [-0.25, -0.2) is 0 Å². The Balaban J connectivity index is 2.37. The van der Waals surface area contributed by atoms with E-state index in [1.165, 1.54) is 5.56 Å². The van der Waals surface area contributed by atoms with Gasteiger partial charge < -0.3 is 18.0 Å². The summed E-state index contributed by atoms with van der Waals surface area (Å²) in [6.07, 6.45) is 0.841. The van der Waals surface area contributed by atoms with Gasteiger partial charge in [0.2, 0.25) is 0 Å². The van der Waals surface area contributed by atoms with Gasteiger partial charge in [0.15, 0.2) is 0 Å². The summed E-state index contributed by atoms with van der Waals surface area (Å²) in [5.74, 6) is 1.44. The van der Waals surface area contributed by atoms with Crippen LogP contribution < -0.4 is 4.74 Å². The molecule has 114 valence electrons. The van der Waals surface area contributed by atoms with E-state index in [1.54, 1.807) is 21.3 Å². The molecule has 0 saturated heterocycles. The Morgan fingerprint density at radius 1 is 0.950 bits per heavy atom. The minimum Gasteiger partial charge on any atom is -0.494 e. The summed E-state index contributed by atoms with van der Waals surface area (Å²) in [6.45, 7) is 4.99. The molecule has 0 aliphatic rings. The molecule has 0 bridgehead atoms. The molecule has 1 aromatic carbocycles. The quantitative estimate of drug-likeness (QED) is 0.517. The van der Waals surface area contributed by atoms with Gasteiger partial charge in [0.1, 0.15) is 5.75 Å². The molecule has 0 spiro atoms. The molecule has 0 aliphatic heterocycles. The second-order valence-electron chi connectivity index (χ2n) is 4.97. The van der Waals surface area contributed by atoms with E-state index in [9.17, 15) is 0 Å². The van der Waals surface area contributed by atoms with Gasteiger partial charge in [0.05, 0.1) is 6.61 Å². The van der Waals surface area contributed by atoms with Crippen LogP contribution in [0.25, 0.3) is 0 Å². The number of hydrogen-bond acceptors (Lipinski definition) is 4. The van der Waals surface area contributed by atoms with Crippen molar-refractivity contribution in [3.63, 3.8) is 0 Å². The van der Waals surface area contributed by atoms with E-state index in [0.29, 0.717) is 12.5 Å². The lowest BCUT2D eigenvalue weighted by Crippen LogP contribution is -2.42. The molecule has 0 heterocycles. The molecule has 0 atom stereocenters. The molecule has 0 radical (unpaired) electrons. The SMILES string of the molecule is CO[Si](CCCOc1ccc(C(C)C)cc1)(OC)OC. The first kappa shape index (κ1) is 17.2. The summed E-state index contributed by atoms with van der Waals surface area (Å²) in [4.78, 5) is 0. The lowest BCUT2D eigenvalue weighted by atomic mass is 10.0. The first-order valence-electron chi connectivity index (χ1n) is 6.95. The third kappa shape index (κ3) is 4.90. The predicted octanol–water partition coefficient (Wildman–Crippen LogP) is 3.46. The lowest BCUT2D eigenvalue weighted by Gasteiger charge is -2.24. The maximum Gasteiger partial charge on any atom is 0.500 e. The smallest absolute Gasteiger partial charge is 0.494 e. The highest BCUT2D eigenvalue weighted by Gasteiger charge is 2.36. The van der Waals surface area contributed by atoms with Gasteiger partial charge in [0.25, 0.3) is 0 Å². The molecule has 4 nitrogen and oxygen atoms in total. The first-order chi connectivity index (χ1) is 9.56. The zero-order valence-corrected chi connectivity index (χ0v) is 14.1. The molecule has 0 aliphatic carbocycles. The standard InChI is InChI=1S/C15H26O4Si/c1-13(2)14-7-9-15(10-8-14)19-11-6-12-20(16-3,17-4)18-5/h7-10,13H,6,11-12H2,1-5H3. The van der Waals surface area contributed by atoms with E-state index in [0.717, 1.165) is 18.2 Å². The second-order valence-corrected chi connectivity index (χ2v) is 8.06. The highest BCUT2D eigenvalue weighted by Crippen LogP contribution is 2.20. The summed E-state index contributed by atoms with van der Waals surface area (Å²) in [5.41, 5.74) is 1.32. The van der Waals surface area contributed by atoms with E-state index >= 15 is 0 Å². The van der Waals surface area contributed by atoms with Gasteiger partial charge >= 0.3 is 8.80 Å². The van der Waals surface area contributed by atoms with Gasteiger partial charge in [-0.2, -0.15) is 0 Å². The van der Waals surface area contributed by atoms with Crippen molar-refractivity contribution in [2.75, 3.05) is 27.9 Å². The molecule has 0 saturated carbocycles. The van der Waals surface area contributed by atoms with E-state index in [-0.39, 0.29) is 0 Å². The summed E-state index contributed by atoms with van der Waals surface area (Å²) in [5, 5.41) is 0. The van der Waals surface area contributed by atoms with Crippen LogP contribution in [0.15, 0.2) is 24.3 Å². The van der Waals surface area contributed by atoms with Crippen LogP contribution in [0.1, 0.15) is 31.7 Å². The average molecular weight is 298 g/mol. The Morgan fingerprint density at radius 3 is 1.95 bits per heavy atom. The Labute approximate surface area is 123 Å². The molecular weight excluding hydrogens is 272 g/mol. The maximum absolute atomic E-state index is 5.73. The van der Waals surface area contributed by atoms with Crippen molar-refractivity contribution < 1.29 is 18.0 Å². The van der Waals surface area contributed by atoms with Crippen molar-refractivity contribution in [2.45, 2.75) is 32.2 Å². The minimum absolute atomic E-state index is 0.542. The largest absolute Gasteiger partial charge is 0.500 e. The molecule has 0 N–H and O–H groups in total. The summed E-state index contributed by atoms with van der Waals surface area (Å²) in [6, 6.07) is 9.00. The van der Waals surface area contributed by atoms with Crippen LogP contribution >= 0.6 is 0 Å². The molecule has 1 aromatic rings. The number of hydrogen-bond donors (Lipinski definition) is 0. The molecule has 0 unspecified atom stereocenters. The Morgan fingerprint density at radius 2 is 1.50 bits per heavy atom. The van der Waals surface area contributed by atoms with E-state index in [4.69, 9.17) is 18.0 Å². The average Bonchev–Trinajstić information content (AvgIpc) is 2.49. The molecule has 5 heteroatoms. The Hall–Kier alpha value is -0.883. The van der Waals surface area contributed by atoms with Crippen molar-refractivity contribution in [2.24, 2.45) is 0 Å². The lowest BCUT2D eigenvalue weighted by molar-refractivity contribution is 0.121. The highest BCUT2D eigenvalue weighted by atomic mass is 28.4. The van der Waals surface area contributed by atoms with Crippen molar-refractivity contribution >= 4 is 8.80 Å². The van der Waals surface area contributed by atoms with Gasteiger partial charge in [-0.15, -0.1) is 0 Å². The van der Waals surface area contributed by atoms with Crippen molar-refractivity contribution in [3.05, 3.63) is 29.8 Å². The van der Waals surface area contributed by atoms with Crippen LogP contribution in [0.4, 0.5) is 0 Å². The van der Waals surface area contributed by atoms with E-state index in [1.807, 2.05) is 12.1 Å². The van der Waals surface area contributed by atoms with E-state index < -0.39 is 8.80 Å². The number of rotatable bonds is 9. The van der Waals surface area contributed by atoms with Crippen LogP contribution in [0.5, 0.6) is 5.75 Å². The fraction of sp³-hybridized carbons (Fsp3) is 0.600. The molecule has 0 fully saturated rings. The zero-order chi connectivity index (χ0) is 15.0. The van der Waals surface area contributed by atoms with Gasteiger partial charge in [0, 0.05) is 27.4 Å². The Bertz CT molecular complexity index is 366. The molecule has 1 rings (SSSR count). The minimum atomic E-state index is -2.46. The van der Waals surface area contributed by atoms with Crippen molar-refractivity contribution in [1.82, 2.24) is 0 Å². The van der Waals surface area contributed by atoms with E-state index in [2.05, 4.69) is 26.0 Å². The van der Waals surface area contributed by atoms with Gasteiger partial charge in [-0.1, -0.05) is 26.0 Å². The Kier molecular flexibility index (Phi) is 7.22. The summed E-state index contributed by atoms with van der Waals surface area (Å²) in [7, 11) is 2.43. The summed E-state index contributed by atoms with van der Waals surface area (Å²) < 4.78 is 21.8. The second kappa shape index (κ2) is 8.41.